The van der Waals surface area contributed by atoms with Crippen LogP contribution in [0.1, 0.15) is 22.1 Å². The second-order valence-electron chi connectivity index (χ2n) is 8.30. The van der Waals surface area contributed by atoms with Crippen LogP contribution in [0.15, 0.2) is 78.9 Å². The molecule has 0 aliphatic carbocycles. The highest BCUT2D eigenvalue weighted by Crippen LogP contribution is 2.33. The second-order valence-corrected chi connectivity index (χ2v) is 8.74. The van der Waals surface area contributed by atoms with Crippen LogP contribution in [0.5, 0.6) is 0 Å². The van der Waals surface area contributed by atoms with E-state index in [2.05, 4.69) is 50.3 Å². The number of amides is 1. The molecule has 1 N–H and O–H groups in total. The molecular weight excluding hydrogens is 420 g/mol. The molecule has 1 amide bonds. The maximum Gasteiger partial charge on any atom is 0.255 e. The van der Waals surface area contributed by atoms with Gasteiger partial charge < -0.3 is 15.1 Å². The number of halogens is 1. The van der Waals surface area contributed by atoms with Crippen molar-refractivity contribution in [2.45, 2.75) is 6.17 Å². The van der Waals surface area contributed by atoms with Gasteiger partial charge in [-0.25, -0.2) is 0 Å². The van der Waals surface area contributed by atoms with Gasteiger partial charge in [0.1, 0.15) is 6.17 Å². The van der Waals surface area contributed by atoms with Gasteiger partial charge in [-0.1, -0.05) is 54.1 Å². The Bertz CT molecular complexity index is 1060. The number of rotatable bonds is 5. The van der Waals surface area contributed by atoms with Crippen LogP contribution in [-0.2, 0) is 0 Å². The molecular formula is C26H27ClN4O. The summed E-state index contributed by atoms with van der Waals surface area (Å²) >= 11 is 6.10. The minimum absolute atomic E-state index is 0.0340. The molecule has 1 fully saturated rings. The lowest BCUT2D eigenvalue weighted by molar-refractivity contribution is 0.0925. The van der Waals surface area contributed by atoms with Crippen LogP contribution in [0.3, 0.4) is 0 Å². The second kappa shape index (κ2) is 9.23. The van der Waals surface area contributed by atoms with Crippen molar-refractivity contribution >= 4 is 28.9 Å². The van der Waals surface area contributed by atoms with E-state index in [4.69, 9.17) is 11.6 Å². The lowest BCUT2D eigenvalue weighted by atomic mass is 10.0. The zero-order valence-electron chi connectivity index (χ0n) is 18.0. The van der Waals surface area contributed by atoms with E-state index in [1.165, 1.54) is 5.69 Å². The number of para-hydroxylation sites is 2. The summed E-state index contributed by atoms with van der Waals surface area (Å²) in [5.41, 5.74) is 4.04. The fourth-order valence-corrected chi connectivity index (χ4v) is 4.74. The zero-order valence-corrected chi connectivity index (χ0v) is 18.7. The molecule has 5 rings (SSSR count). The van der Waals surface area contributed by atoms with Gasteiger partial charge in [-0.15, -0.1) is 0 Å². The van der Waals surface area contributed by atoms with Crippen molar-refractivity contribution in [2.75, 3.05) is 49.1 Å². The molecule has 0 saturated carbocycles. The summed E-state index contributed by atoms with van der Waals surface area (Å²) in [5.74, 6) is -0.0340. The van der Waals surface area contributed by atoms with Crippen molar-refractivity contribution in [1.82, 2.24) is 10.2 Å². The molecule has 32 heavy (non-hydrogen) atoms. The topological polar surface area (TPSA) is 38.8 Å². The predicted molar refractivity (Wildman–Crippen MR) is 131 cm³/mol. The van der Waals surface area contributed by atoms with Crippen molar-refractivity contribution in [3.05, 3.63) is 95.0 Å². The van der Waals surface area contributed by atoms with Crippen molar-refractivity contribution in [3.8, 4) is 0 Å². The van der Waals surface area contributed by atoms with Crippen molar-refractivity contribution in [1.29, 1.82) is 0 Å². The molecule has 2 aliphatic heterocycles. The molecule has 3 aromatic rings. The first-order valence-corrected chi connectivity index (χ1v) is 11.5. The van der Waals surface area contributed by atoms with Crippen molar-refractivity contribution in [3.63, 3.8) is 0 Å². The van der Waals surface area contributed by atoms with E-state index in [-0.39, 0.29) is 12.1 Å². The molecule has 0 radical (unpaired) electrons. The van der Waals surface area contributed by atoms with Gasteiger partial charge in [-0.05, 0) is 42.0 Å². The number of nitrogens with zero attached hydrogens (tertiary/aromatic N) is 3. The average molecular weight is 447 g/mol. The number of carbonyl (C=O) groups is 1. The predicted octanol–water partition coefficient (Wildman–Crippen LogP) is 4.41. The Morgan fingerprint density at radius 3 is 2.25 bits per heavy atom. The highest BCUT2D eigenvalue weighted by molar-refractivity contribution is 6.30. The summed E-state index contributed by atoms with van der Waals surface area (Å²) < 4.78 is 0. The van der Waals surface area contributed by atoms with Crippen LogP contribution >= 0.6 is 11.6 Å². The Hall–Kier alpha value is -3.02. The maximum atomic E-state index is 12.8. The number of piperazine rings is 1. The molecule has 0 bridgehead atoms. The number of hydrogen-bond donors (Lipinski definition) is 1. The van der Waals surface area contributed by atoms with E-state index < -0.39 is 0 Å². The molecule has 1 saturated heterocycles. The van der Waals surface area contributed by atoms with Crippen molar-refractivity contribution in [2.24, 2.45) is 0 Å². The number of fused-ring (bicyclic) bond motifs is 1. The number of hydrogen-bond acceptors (Lipinski definition) is 4. The van der Waals surface area contributed by atoms with Crippen LogP contribution in [0, 0.1) is 0 Å². The first-order valence-electron chi connectivity index (χ1n) is 11.1. The van der Waals surface area contributed by atoms with E-state index in [0.717, 1.165) is 56.1 Å². The molecule has 6 heteroatoms. The average Bonchev–Trinajstić information content (AvgIpc) is 2.85. The number of nitrogens with one attached hydrogen (secondary N) is 1. The summed E-state index contributed by atoms with van der Waals surface area (Å²) in [7, 11) is 0. The van der Waals surface area contributed by atoms with E-state index in [0.29, 0.717) is 5.02 Å². The molecule has 3 aromatic carbocycles. The molecule has 0 aromatic heterocycles. The smallest absolute Gasteiger partial charge is 0.255 e. The minimum Gasteiger partial charge on any atom is -0.369 e. The Morgan fingerprint density at radius 1 is 0.812 bits per heavy atom. The standard InChI is InChI=1S/C26H27ClN4O/c27-21-12-10-20(11-13-21)25-28-26(32)23-8-4-5-9-24(23)31(25)19-16-29-14-17-30(18-15-29)22-6-2-1-3-7-22/h1-13,25H,14-19H2,(H,28,32). The zero-order chi connectivity index (χ0) is 21.9. The van der Waals surface area contributed by atoms with Gasteiger partial charge in [0.2, 0.25) is 0 Å². The van der Waals surface area contributed by atoms with Gasteiger partial charge in [0, 0.05) is 50.0 Å². The van der Waals surface area contributed by atoms with Gasteiger partial charge in [0.05, 0.1) is 11.3 Å². The number of carbonyl (C=O) groups excluding carboxylic acids is 1. The van der Waals surface area contributed by atoms with Crippen LogP contribution in [0.2, 0.25) is 5.02 Å². The third kappa shape index (κ3) is 4.31. The largest absolute Gasteiger partial charge is 0.369 e. The highest BCUT2D eigenvalue weighted by atomic mass is 35.5. The molecule has 2 heterocycles. The Labute approximate surface area is 194 Å². The fraction of sp³-hybridized carbons (Fsp3) is 0.269. The third-order valence-corrected chi connectivity index (χ3v) is 6.63. The summed E-state index contributed by atoms with van der Waals surface area (Å²) in [6, 6.07) is 26.2. The van der Waals surface area contributed by atoms with Gasteiger partial charge >= 0.3 is 0 Å². The fourth-order valence-electron chi connectivity index (χ4n) is 4.61. The van der Waals surface area contributed by atoms with Gasteiger partial charge in [0.15, 0.2) is 0 Å². The van der Waals surface area contributed by atoms with Crippen LogP contribution in [0.25, 0.3) is 0 Å². The summed E-state index contributed by atoms with van der Waals surface area (Å²) in [5, 5.41) is 3.89. The lowest BCUT2D eigenvalue weighted by Crippen LogP contribution is -2.52. The van der Waals surface area contributed by atoms with Gasteiger partial charge in [0.25, 0.3) is 5.91 Å². The summed E-state index contributed by atoms with van der Waals surface area (Å²) in [6.07, 6.45) is -0.208. The SMILES string of the molecule is O=C1NC(c2ccc(Cl)cc2)N(CCN2CCN(c3ccccc3)CC2)c2ccccc21. The molecule has 5 nitrogen and oxygen atoms in total. The van der Waals surface area contributed by atoms with E-state index >= 15 is 0 Å². The molecule has 164 valence electrons. The molecule has 0 spiro atoms. The minimum atomic E-state index is -0.208. The lowest BCUT2D eigenvalue weighted by Gasteiger charge is -2.41. The Kier molecular flexibility index (Phi) is 6.02. The summed E-state index contributed by atoms with van der Waals surface area (Å²) in [4.78, 5) is 20.0. The van der Waals surface area contributed by atoms with Crippen molar-refractivity contribution < 1.29 is 4.79 Å². The van der Waals surface area contributed by atoms with Gasteiger partial charge in [-0.3, -0.25) is 9.69 Å². The van der Waals surface area contributed by atoms with E-state index in [9.17, 15) is 4.79 Å². The number of anilines is 2. The molecule has 2 aliphatic rings. The molecule has 1 atom stereocenters. The Balaban J connectivity index is 1.30. The molecule has 1 unspecified atom stereocenters. The van der Waals surface area contributed by atoms with Gasteiger partial charge in [-0.2, -0.15) is 0 Å². The highest BCUT2D eigenvalue weighted by Gasteiger charge is 2.32. The first-order chi connectivity index (χ1) is 15.7. The third-order valence-electron chi connectivity index (χ3n) is 6.37. The number of benzene rings is 3. The first kappa shape index (κ1) is 20.9. The van der Waals surface area contributed by atoms with E-state index in [1.807, 2.05) is 48.5 Å². The quantitative estimate of drug-likeness (QED) is 0.630. The summed E-state index contributed by atoms with van der Waals surface area (Å²) in [6.45, 7) is 5.88. The van der Waals surface area contributed by atoms with Crippen LogP contribution < -0.4 is 15.1 Å². The van der Waals surface area contributed by atoms with Crippen LogP contribution in [-0.4, -0.2) is 50.1 Å². The normalized spacial score (nSPS) is 18.9. The Morgan fingerprint density at radius 2 is 1.50 bits per heavy atom. The maximum absolute atomic E-state index is 12.8. The van der Waals surface area contributed by atoms with Crippen LogP contribution in [0.4, 0.5) is 11.4 Å². The monoisotopic (exact) mass is 446 g/mol. The van der Waals surface area contributed by atoms with E-state index in [1.54, 1.807) is 0 Å².